The Morgan fingerprint density at radius 2 is 1.55 bits per heavy atom. The van der Waals surface area contributed by atoms with Crippen LogP contribution in [0.2, 0.25) is 0 Å². The predicted molar refractivity (Wildman–Crippen MR) is 138 cm³/mol. The molecule has 0 saturated carbocycles. The first-order valence-electron chi connectivity index (χ1n) is 13.0. The van der Waals surface area contributed by atoms with Crippen LogP contribution < -0.4 is 0 Å². The van der Waals surface area contributed by atoms with E-state index in [4.69, 9.17) is 9.47 Å². The number of carbonyl (C=O) groups is 2. The molecule has 0 radical (unpaired) electrons. The zero-order valence-electron chi connectivity index (χ0n) is 21.9. The Morgan fingerprint density at radius 3 is 2.11 bits per heavy atom. The minimum Gasteiger partial charge on any atom is -0.456 e. The highest BCUT2D eigenvalue weighted by molar-refractivity contribution is 5.90. The number of hydrogen-bond acceptors (Lipinski definition) is 4. The Kier molecular flexibility index (Phi) is 9.98. The molecule has 2 atom stereocenters. The van der Waals surface area contributed by atoms with E-state index >= 15 is 0 Å². The summed E-state index contributed by atoms with van der Waals surface area (Å²) in [5.41, 5.74) is -2.29. The molecule has 1 heterocycles. The van der Waals surface area contributed by atoms with Crippen molar-refractivity contribution in [1.82, 2.24) is 0 Å². The van der Waals surface area contributed by atoms with Crippen LogP contribution in [-0.4, -0.2) is 55.4 Å². The lowest BCUT2D eigenvalue weighted by molar-refractivity contribution is -0.914. The van der Waals surface area contributed by atoms with E-state index in [-0.39, 0.29) is 23.8 Å². The van der Waals surface area contributed by atoms with Gasteiger partial charge in [0.1, 0.15) is 19.2 Å². The number of rotatable bonds is 10. The molecule has 2 aromatic carbocycles. The molecular weight excluding hydrogens is 495 g/mol. The third-order valence-electron chi connectivity index (χ3n) is 7.09. The van der Waals surface area contributed by atoms with E-state index in [1.165, 1.54) is 24.3 Å². The first-order chi connectivity index (χ1) is 18.1. The van der Waals surface area contributed by atoms with Crippen molar-refractivity contribution >= 4 is 11.9 Å². The van der Waals surface area contributed by atoms with Crippen LogP contribution in [0.1, 0.15) is 56.6 Å². The summed E-state index contributed by atoms with van der Waals surface area (Å²) in [4.78, 5) is 25.9. The fourth-order valence-electron chi connectivity index (χ4n) is 4.82. The molecule has 1 fully saturated rings. The molecule has 0 spiro atoms. The third-order valence-corrected chi connectivity index (χ3v) is 7.09. The van der Waals surface area contributed by atoms with Crippen LogP contribution in [0.5, 0.6) is 0 Å². The van der Waals surface area contributed by atoms with Crippen LogP contribution in [-0.2, 0) is 24.7 Å². The third kappa shape index (κ3) is 6.96. The van der Waals surface area contributed by atoms with Gasteiger partial charge in [-0.2, -0.15) is 13.2 Å². The van der Waals surface area contributed by atoms with E-state index in [1.54, 1.807) is 36.4 Å². The number of unbranched alkanes of at least 4 members (excludes halogenated alkanes) is 3. The largest absolute Gasteiger partial charge is 0.490 e. The number of hydrogen-bond donors (Lipinski definition) is 0. The van der Waals surface area contributed by atoms with Crippen molar-refractivity contribution in [2.24, 2.45) is 0 Å². The van der Waals surface area contributed by atoms with E-state index in [0.29, 0.717) is 11.0 Å². The summed E-state index contributed by atoms with van der Waals surface area (Å²) in [6.07, 6.45) is 0.582. The smallest absolute Gasteiger partial charge is 0.456 e. The van der Waals surface area contributed by atoms with Crippen LogP contribution in [0, 0.1) is 11.8 Å². The van der Waals surface area contributed by atoms with Gasteiger partial charge in [-0.1, -0.05) is 86.3 Å². The van der Waals surface area contributed by atoms with Crippen molar-refractivity contribution in [3.05, 3.63) is 71.8 Å². The van der Waals surface area contributed by atoms with Gasteiger partial charge in [-0.05, 0) is 12.3 Å². The summed E-state index contributed by atoms with van der Waals surface area (Å²) in [7, 11) is 2.05. The maximum atomic E-state index is 13.8. The number of ether oxygens (including phenoxy) is 2. The molecule has 38 heavy (non-hydrogen) atoms. The topological polar surface area (TPSA) is 52.6 Å². The molecule has 204 valence electrons. The Hall–Kier alpha value is -3.31. The molecule has 8 heteroatoms. The van der Waals surface area contributed by atoms with Crippen LogP contribution >= 0.6 is 0 Å². The van der Waals surface area contributed by atoms with Crippen molar-refractivity contribution in [2.45, 2.75) is 63.3 Å². The monoisotopic (exact) mass is 530 g/mol. The van der Waals surface area contributed by atoms with E-state index in [0.717, 1.165) is 45.1 Å². The average molecular weight is 531 g/mol. The number of halogens is 3. The SMILES string of the molecule is CCCCCC#CC[N+]1(C)CCCC1COC(=O)C(OC(=O)C(F)(F)F)(c1ccccc1)c1ccccc1. The number of quaternary nitrogens is 1. The van der Waals surface area contributed by atoms with E-state index in [2.05, 4.69) is 25.8 Å². The number of likely N-dealkylation sites (N-methyl/N-ethyl adjacent to an activating group) is 1. The normalized spacial score (nSPS) is 19.3. The lowest BCUT2D eigenvalue weighted by Crippen LogP contribution is -2.52. The fraction of sp³-hybridized carbons (Fsp3) is 0.467. The second-order valence-electron chi connectivity index (χ2n) is 9.87. The molecule has 0 bridgehead atoms. The van der Waals surface area contributed by atoms with Gasteiger partial charge in [0, 0.05) is 30.4 Å². The van der Waals surface area contributed by atoms with E-state index in [1.807, 2.05) is 0 Å². The van der Waals surface area contributed by atoms with Crippen molar-refractivity contribution < 1.29 is 36.7 Å². The van der Waals surface area contributed by atoms with Crippen molar-refractivity contribution in [3.8, 4) is 11.8 Å². The molecule has 0 aliphatic carbocycles. The molecule has 1 saturated heterocycles. The molecule has 1 aliphatic heterocycles. The molecule has 1 aliphatic rings. The average Bonchev–Trinajstić information content (AvgIpc) is 3.28. The Morgan fingerprint density at radius 1 is 0.947 bits per heavy atom. The van der Waals surface area contributed by atoms with Gasteiger partial charge in [0.05, 0.1) is 13.6 Å². The molecule has 2 aromatic rings. The second kappa shape index (κ2) is 13.0. The van der Waals surface area contributed by atoms with Gasteiger partial charge >= 0.3 is 18.1 Å². The van der Waals surface area contributed by atoms with Crippen LogP contribution in [0.3, 0.4) is 0 Å². The fourth-order valence-corrected chi connectivity index (χ4v) is 4.82. The van der Waals surface area contributed by atoms with Gasteiger partial charge < -0.3 is 14.0 Å². The molecule has 0 aromatic heterocycles. The van der Waals surface area contributed by atoms with Gasteiger partial charge in [0.25, 0.3) is 5.60 Å². The van der Waals surface area contributed by atoms with Crippen LogP contribution in [0.4, 0.5) is 13.2 Å². The van der Waals surface area contributed by atoms with E-state index in [9.17, 15) is 22.8 Å². The first-order valence-corrected chi connectivity index (χ1v) is 13.0. The van der Waals surface area contributed by atoms with Crippen LogP contribution in [0.15, 0.2) is 60.7 Å². The zero-order chi connectivity index (χ0) is 27.7. The Balaban J connectivity index is 1.88. The lowest BCUT2D eigenvalue weighted by Gasteiger charge is -2.36. The maximum absolute atomic E-state index is 13.8. The van der Waals surface area contributed by atoms with Gasteiger partial charge in [-0.15, -0.1) is 0 Å². The Labute approximate surface area is 222 Å². The summed E-state index contributed by atoms with van der Waals surface area (Å²) in [6, 6.07) is 15.3. The second-order valence-corrected chi connectivity index (χ2v) is 9.87. The summed E-state index contributed by atoms with van der Waals surface area (Å²) in [5, 5.41) is 0. The lowest BCUT2D eigenvalue weighted by atomic mass is 9.86. The Bertz CT molecular complexity index is 1090. The van der Waals surface area contributed by atoms with Crippen LogP contribution in [0.25, 0.3) is 0 Å². The highest BCUT2D eigenvalue weighted by Crippen LogP contribution is 2.38. The predicted octanol–water partition coefficient (Wildman–Crippen LogP) is 5.77. The molecular formula is C30H35F3NO4+. The number of alkyl halides is 3. The molecule has 5 nitrogen and oxygen atoms in total. The standard InChI is InChI=1S/C30H35F3NO4/c1-3-4-5-6-7-14-21-34(2)22-15-20-26(34)23-37-27(35)29(24-16-10-8-11-17-24,25-18-12-9-13-19-25)38-28(36)30(31,32)33/h8-13,16-19,26H,3-6,15,20-23H2,1-2H3/q+1. The summed E-state index contributed by atoms with van der Waals surface area (Å²) >= 11 is 0. The number of likely N-dealkylation sites (tertiary alicyclic amines) is 1. The molecule has 3 rings (SSSR count). The van der Waals surface area contributed by atoms with E-state index < -0.39 is 23.7 Å². The zero-order valence-corrected chi connectivity index (χ0v) is 21.9. The molecule has 0 amide bonds. The number of carbonyl (C=O) groups excluding carboxylic acids is 2. The molecule has 0 N–H and O–H groups in total. The highest BCUT2D eigenvalue weighted by Gasteiger charge is 2.54. The first kappa shape index (κ1) is 29.2. The quantitative estimate of drug-likeness (QED) is 0.169. The number of esters is 2. The van der Waals surface area contributed by atoms with Gasteiger partial charge in [-0.3, -0.25) is 0 Å². The van der Waals surface area contributed by atoms with Crippen molar-refractivity contribution in [2.75, 3.05) is 26.7 Å². The van der Waals surface area contributed by atoms with Gasteiger partial charge in [0.2, 0.25) is 0 Å². The highest BCUT2D eigenvalue weighted by atomic mass is 19.4. The number of benzene rings is 2. The minimum atomic E-state index is -5.30. The van der Waals surface area contributed by atoms with Gasteiger partial charge in [0.15, 0.2) is 0 Å². The van der Waals surface area contributed by atoms with Crippen molar-refractivity contribution in [3.63, 3.8) is 0 Å². The van der Waals surface area contributed by atoms with Gasteiger partial charge in [-0.25, -0.2) is 9.59 Å². The summed E-state index contributed by atoms with van der Waals surface area (Å²) in [6.45, 7) is 3.57. The summed E-state index contributed by atoms with van der Waals surface area (Å²) in [5.74, 6) is 2.94. The minimum absolute atomic E-state index is 0.0299. The summed E-state index contributed by atoms with van der Waals surface area (Å²) < 4.78 is 51.5. The number of nitrogens with zero attached hydrogens (tertiary/aromatic N) is 1. The van der Waals surface area contributed by atoms with Crippen molar-refractivity contribution in [1.29, 1.82) is 0 Å². The molecule has 2 unspecified atom stereocenters. The maximum Gasteiger partial charge on any atom is 0.490 e.